The zero-order valence-corrected chi connectivity index (χ0v) is 15.5. The lowest BCUT2D eigenvalue weighted by Gasteiger charge is -2.09. The van der Waals surface area contributed by atoms with Gasteiger partial charge in [0.15, 0.2) is 18.1 Å². The normalized spacial score (nSPS) is 11.0. The van der Waals surface area contributed by atoms with Crippen LogP contribution in [0, 0.1) is 6.92 Å². The summed E-state index contributed by atoms with van der Waals surface area (Å²) in [6.45, 7) is 3.73. The Morgan fingerprint density at radius 3 is 2.54 bits per heavy atom. The van der Waals surface area contributed by atoms with Gasteiger partial charge in [0.25, 0.3) is 5.91 Å². The fourth-order valence-electron chi connectivity index (χ4n) is 2.37. The van der Waals surface area contributed by atoms with Gasteiger partial charge >= 0.3 is 0 Å². The molecule has 26 heavy (non-hydrogen) atoms. The molecular weight excluding hydrogens is 332 g/mol. The second kappa shape index (κ2) is 9.46. The predicted octanol–water partition coefficient (Wildman–Crippen LogP) is 3.13. The van der Waals surface area contributed by atoms with Crippen LogP contribution in [0.5, 0.6) is 17.2 Å². The highest BCUT2D eigenvalue weighted by Crippen LogP contribution is 2.27. The van der Waals surface area contributed by atoms with E-state index in [9.17, 15) is 4.79 Å². The lowest BCUT2D eigenvalue weighted by Crippen LogP contribution is -2.25. The summed E-state index contributed by atoms with van der Waals surface area (Å²) in [5.74, 6) is 1.69. The molecule has 0 saturated heterocycles. The molecule has 0 radical (unpaired) electrons. The second-order valence-corrected chi connectivity index (χ2v) is 5.85. The molecule has 0 aliphatic carbocycles. The lowest BCUT2D eigenvalue weighted by molar-refractivity contribution is -0.123. The summed E-state index contributed by atoms with van der Waals surface area (Å²) in [6.07, 6.45) is 0.583. The number of nitrogens with one attached hydrogen (secondary N) is 1. The van der Waals surface area contributed by atoms with Crippen LogP contribution in [0.4, 0.5) is 0 Å². The Hall–Kier alpha value is -3.02. The second-order valence-electron chi connectivity index (χ2n) is 5.85. The van der Waals surface area contributed by atoms with Crippen molar-refractivity contribution < 1.29 is 19.0 Å². The van der Waals surface area contributed by atoms with Gasteiger partial charge in [0, 0.05) is 12.1 Å². The summed E-state index contributed by atoms with van der Waals surface area (Å²) in [5.41, 5.74) is 5.36. The van der Waals surface area contributed by atoms with Gasteiger partial charge in [-0.05, 0) is 49.2 Å². The van der Waals surface area contributed by atoms with E-state index in [4.69, 9.17) is 14.2 Å². The maximum absolute atomic E-state index is 11.9. The third-order valence-corrected chi connectivity index (χ3v) is 3.64. The van der Waals surface area contributed by atoms with Crippen molar-refractivity contribution in [3.05, 3.63) is 53.6 Å². The minimum atomic E-state index is -0.307. The van der Waals surface area contributed by atoms with Crippen LogP contribution in [0.15, 0.2) is 47.6 Å². The van der Waals surface area contributed by atoms with Crippen LogP contribution >= 0.6 is 0 Å². The van der Waals surface area contributed by atoms with E-state index in [0.29, 0.717) is 23.7 Å². The minimum Gasteiger partial charge on any atom is -0.493 e. The first-order valence-electron chi connectivity index (χ1n) is 8.24. The lowest BCUT2D eigenvalue weighted by atomic mass is 10.1. The first-order chi connectivity index (χ1) is 12.5. The van der Waals surface area contributed by atoms with E-state index in [1.54, 1.807) is 14.2 Å². The van der Waals surface area contributed by atoms with Gasteiger partial charge in [0.1, 0.15) is 5.75 Å². The van der Waals surface area contributed by atoms with Crippen LogP contribution in [-0.4, -0.2) is 32.4 Å². The van der Waals surface area contributed by atoms with Crippen molar-refractivity contribution in [2.45, 2.75) is 20.3 Å². The molecule has 1 amide bonds. The van der Waals surface area contributed by atoms with Crippen molar-refractivity contribution in [3.8, 4) is 17.2 Å². The number of hydrogen-bond acceptors (Lipinski definition) is 5. The summed E-state index contributed by atoms with van der Waals surface area (Å²) in [6, 6.07) is 13.2. The summed E-state index contributed by atoms with van der Waals surface area (Å²) in [7, 11) is 3.19. The smallest absolute Gasteiger partial charge is 0.277 e. The Morgan fingerprint density at radius 1 is 1.08 bits per heavy atom. The molecule has 2 aromatic carbocycles. The number of ether oxygens (including phenoxy) is 3. The highest BCUT2D eigenvalue weighted by atomic mass is 16.5. The zero-order valence-electron chi connectivity index (χ0n) is 15.5. The molecule has 0 heterocycles. The van der Waals surface area contributed by atoms with E-state index >= 15 is 0 Å². The summed E-state index contributed by atoms with van der Waals surface area (Å²) in [4.78, 5) is 11.9. The van der Waals surface area contributed by atoms with E-state index in [1.807, 2.05) is 56.3 Å². The number of amides is 1. The van der Waals surface area contributed by atoms with E-state index in [0.717, 1.165) is 16.8 Å². The van der Waals surface area contributed by atoms with Crippen LogP contribution in [-0.2, 0) is 11.2 Å². The van der Waals surface area contributed by atoms with Gasteiger partial charge in [-0.3, -0.25) is 4.79 Å². The third-order valence-electron chi connectivity index (χ3n) is 3.64. The van der Waals surface area contributed by atoms with Gasteiger partial charge in [-0.25, -0.2) is 5.43 Å². The molecule has 0 saturated carbocycles. The van der Waals surface area contributed by atoms with Crippen molar-refractivity contribution in [3.63, 3.8) is 0 Å². The van der Waals surface area contributed by atoms with Gasteiger partial charge in [0.05, 0.1) is 14.2 Å². The average molecular weight is 356 g/mol. The van der Waals surface area contributed by atoms with Gasteiger partial charge in [0.2, 0.25) is 0 Å². The van der Waals surface area contributed by atoms with Crippen molar-refractivity contribution in [2.24, 2.45) is 5.10 Å². The van der Waals surface area contributed by atoms with Crippen LogP contribution in [0.25, 0.3) is 0 Å². The van der Waals surface area contributed by atoms with Crippen molar-refractivity contribution >= 4 is 11.6 Å². The van der Waals surface area contributed by atoms with Crippen molar-refractivity contribution in [1.29, 1.82) is 0 Å². The number of hydrazone groups is 1. The van der Waals surface area contributed by atoms with E-state index in [1.165, 1.54) is 0 Å². The van der Waals surface area contributed by atoms with Gasteiger partial charge < -0.3 is 14.2 Å². The molecule has 0 atom stereocenters. The number of rotatable bonds is 8. The molecule has 0 aliphatic rings. The van der Waals surface area contributed by atoms with Gasteiger partial charge in [-0.1, -0.05) is 18.2 Å². The first-order valence-corrected chi connectivity index (χ1v) is 8.24. The van der Waals surface area contributed by atoms with Crippen LogP contribution in [0.3, 0.4) is 0 Å². The molecule has 6 nitrogen and oxygen atoms in total. The summed E-state index contributed by atoms with van der Waals surface area (Å²) >= 11 is 0. The number of carbonyl (C=O) groups excluding carboxylic acids is 1. The molecule has 1 N–H and O–H groups in total. The molecule has 0 bridgehead atoms. The van der Waals surface area contributed by atoms with Crippen molar-refractivity contribution in [2.75, 3.05) is 20.8 Å². The number of carbonyl (C=O) groups is 1. The SMILES string of the molecule is COc1ccc(C/C(C)=N\NC(=O)COc2cccc(C)c2)cc1OC. The largest absolute Gasteiger partial charge is 0.493 e. The maximum Gasteiger partial charge on any atom is 0.277 e. The van der Waals surface area contributed by atoms with E-state index in [-0.39, 0.29) is 12.5 Å². The van der Waals surface area contributed by atoms with Crippen LogP contribution in [0.1, 0.15) is 18.1 Å². The first kappa shape index (κ1) is 19.3. The topological polar surface area (TPSA) is 69.2 Å². The number of aryl methyl sites for hydroxylation is 1. The molecule has 2 aromatic rings. The molecule has 138 valence electrons. The Morgan fingerprint density at radius 2 is 1.85 bits per heavy atom. The highest BCUT2D eigenvalue weighted by molar-refractivity contribution is 5.86. The minimum absolute atomic E-state index is 0.0867. The number of benzene rings is 2. The van der Waals surface area contributed by atoms with Crippen LogP contribution < -0.4 is 19.6 Å². The van der Waals surface area contributed by atoms with Crippen molar-refractivity contribution in [1.82, 2.24) is 5.43 Å². The quantitative estimate of drug-likeness (QED) is 0.583. The fraction of sp³-hybridized carbons (Fsp3) is 0.300. The molecule has 0 unspecified atom stereocenters. The molecular formula is C20H24N2O4. The molecule has 2 rings (SSSR count). The molecule has 0 aliphatic heterocycles. The maximum atomic E-state index is 11.9. The molecule has 0 aromatic heterocycles. The van der Waals surface area contributed by atoms with Gasteiger partial charge in [-0.15, -0.1) is 0 Å². The zero-order chi connectivity index (χ0) is 18.9. The molecule has 0 spiro atoms. The number of nitrogens with zero attached hydrogens (tertiary/aromatic N) is 1. The summed E-state index contributed by atoms with van der Waals surface area (Å²) in [5, 5.41) is 4.11. The predicted molar refractivity (Wildman–Crippen MR) is 101 cm³/mol. The molecule has 6 heteroatoms. The Kier molecular flexibility index (Phi) is 7.02. The molecule has 0 fully saturated rings. The Labute approximate surface area is 153 Å². The van der Waals surface area contributed by atoms with Gasteiger partial charge in [-0.2, -0.15) is 5.10 Å². The number of methoxy groups -OCH3 is 2. The monoisotopic (exact) mass is 356 g/mol. The number of hydrogen-bond donors (Lipinski definition) is 1. The third kappa shape index (κ3) is 5.81. The Balaban J connectivity index is 1.86. The highest BCUT2D eigenvalue weighted by Gasteiger charge is 2.06. The average Bonchev–Trinajstić information content (AvgIpc) is 2.64. The van der Waals surface area contributed by atoms with E-state index < -0.39 is 0 Å². The summed E-state index contributed by atoms with van der Waals surface area (Å²) < 4.78 is 16.0. The Bertz CT molecular complexity index is 787. The standard InChI is InChI=1S/C20H24N2O4/c1-14-6-5-7-17(10-14)26-13-20(23)22-21-15(2)11-16-8-9-18(24-3)19(12-16)25-4/h5-10,12H,11,13H2,1-4H3,(H,22,23)/b21-15-. The fourth-order valence-corrected chi connectivity index (χ4v) is 2.37. The van der Waals surface area contributed by atoms with E-state index in [2.05, 4.69) is 10.5 Å². The van der Waals surface area contributed by atoms with Crippen LogP contribution in [0.2, 0.25) is 0 Å².